The molecule has 29 heavy (non-hydrogen) atoms. The SMILES string of the molecule is CCOc1ccccc1/C=N\n1c(COc2ccc(C(C)(C)C)cc2)n[nH]c1=S. The first kappa shape index (κ1) is 20.8. The van der Waals surface area contributed by atoms with Crippen LogP contribution in [0.25, 0.3) is 0 Å². The van der Waals surface area contributed by atoms with Crippen molar-refractivity contribution in [3.8, 4) is 11.5 Å². The molecular formula is C22H26N4O2S. The molecule has 1 N–H and O–H groups in total. The first-order chi connectivity index (χ1) is 13.9. The Labute approximate surface area is 176 Å². The third-order valence-corrected chi connectivity index (χ3v) is 4.60. The number of H-pyrrole nitrogens is 1. The van der Waals surface area contributed by atoms with Gasteiger partial charge in [0, 0.05) is 5.56 Å². The van der Waals surface area contributed by atoms with Crippen LogP contribution < -0.4 is 9.47 Å². The summed E-state index contributed by atoms with van der Waals surface area (Å²) in [5.41, 5.74) is 2.22. The fourth-order valence-electron chi connectivity index (χ4n) is 2.73. The van der Waals surface area contributed by atoms with E-state index in [1.54, 1.807) is 10.9 Å². The molecule has 0 unspecified atom stereocenters. The molecule has 0 fully saturated rings. The van der Waals surface area contributed by atoms with Crippen LogP contribution in [0.1, 0.15) is 44.6 Å². The van der Waals surface area contributed by atoms with E-state index in [1.807, 2.05) is 43.3 Å². The maximum Gasteiger partial charge on any atom is 0.216 e. The van der Waals surface area contributed by atoms with Crippen molar-refractivity contribution >= 4 is 18.4 Å². The summed E-state index contributed by atoms with van der Waals surface area (Å²) in [7, 11) is 0. The molecule has 7 heteroatoms. The van der Waals surface area contributed by atoms with Crippen molar-refractivity contribution in [1.82, 2.24) is 14.9 Å². The summed E-state index contributed by atoms with van der Waals surface area (Å²) >= 11 is 5.31. The van der Waals surface area contributed by atoms with E-state index < -0.39 is 0 Å². The van der Waals surface area contributed by atoms with Gasteiger partial charge in [0.2, 0.25) is 4.77 Å². The number of rotatable bonds is 7. The van der Waals surface area contributed by atoms with E-state index in [-0.39, 0.29) is 12.0 Å². The predicted octanol–water partition coefficient (Wildman–Crippen LogP) is 5.10. The molecular weight excluding hydrogens is 384 g/mol. The molecule has 0 amide bonds. The van der Waals surface area contributed by atoms with Crippen molar-refractivity contribution in [3.63, 3.8) is 0 Å². The van der Waals surface area contributed by atoms with Gasteiger partial charge in [-0.1, -0.05) is 45.0 Å². The van der Waals surface area contributed by atoms with E-state index in [0.717, 1.165) is 17.1 Å². The minimum atomic E-state index is 0.105. The first-order valence-corrected chi connectivity index (χ1v) is 9.95. The maximum absolute atomic E-state index is 5.88. The summed E-state index contributed by atoms with van der Waals surface area (Å²) in [6.07, 6.45) is 1.71. The Hall–Kier alpha value is -2.93. The molecule has 3 aromatic rings. The normalized spacial score (nSPS) is 11.7. The monoisotopic (exact) mass is 410 g/mol. The highest BCUT2D eigenvalue weighted by atomic mass is 32.1. The van der Waals surface area contributed by atoms with Crippen molar-refractivity contribution in [3.05, 3.63) is 70.3 Å². The summed E-state index contributed by atoms with van der Waals surface area (Å²) in [6.45, 7) is 9.33. The highest BCUT2D eigenvalue weighted by Gasteiger charge is 2.13. The van der Waals surface area contributed by atoms with Crippen LogP contribution in [-0.4, -0.2) is 27.7 Å². The quantitative estimate of drug-likeness (QED) is 0.435. The van der Waals surface area contributed by atoms with E-state index in [1.165, 1.54) is 5.56 Å². The molecule has 0 radical (unpaired) electrons. The van der Waals surface area contributed by atoms with Gasteiger partial charge in [0.15, 0.2) is 5.82 Å². The first-order valence-electron chi connectivity index (χ1n) is 9.54. The number of nitrogens with zero attached hydrogens (tertiary/aromatic N) is 3. The highest BCUT2D eigenvalue weighted by Crippen LogP contribution is 2.24. The number of nitrogens with one attached hydrogen (secondary N) is 1. The summed E-state index contributed by atoms with van der Waals surface area (Å²) in [5.74, 6) is 2.12. The Balaban J connectivity index is 1.74. The molecule has 0 aliphatic heterocycles. The van der Waals surface area contributed by atoms with Crippen LogP contribution in [-0.2, 0) is 12.0 Å². The van der Waals surface area contributed by atoms with Gasteiger partial charge >= 0.3 is 0 Å². The maximum atomic E-state index is 5.88. The van der Waals surface area contributed by atoms with Gasteiger partial charge in [0.25, 0.3) is 0 Å². The molecule has 0 aliphatic rings. The number of aromatic amines is 1. The van der Waals surface area contributed by atoms with Gasteiger partial charge in [-0.2, -0.15) is 14.9 Å². The predicted molar refractivity (Wildman–Crippen MR) is 117 cm³/mol. The van der Waals surface area contributed by atoms with Gasteiger partial charge in [-0.15, -0.1) is 0 Å². The molecule has 0 saturated carbocycles. The average Bonchev–Trinajstić information content (AvgIpc) is 3.05. The van der Waals surface area contributed by atoms with Gasteiger partial charge in [-0.05, 0) is 54.4 Å². The number of benzene rings is 2. The molecule has 0 aliphatic carbocycles. The number of aromatic nitrogens is 3. The Morgan fingerprint density at radius 1 is 1.10 bits per heavy atom. The fourth-order valence-corrected chi connectivity index (χ4v) is 2.93. The van der Waals surface area contributed by atoms with E-state index in [2.05, 4.69) is 48.2 Å². The lowest BCUT2D eigenvalue weighted by molar-refractivity contribution is 0.290. The smallest absolute Gasteiger partial charge is 0.216 e. The van der Waals surface area contributed by atoms with Gasteiger partial charge in [-0.25, -0.2) is 5.10 Å². The number of para-hydroxylation sites is 1. The zero-order valence-corrected chi connectivity index (χ0v) is 18.0. The molecule has 1 aromatic heterocycles. The van der Waals surface area contributed by atoms with E-state index in [0.29, 0.717) is 17.2 Å². The highest BCUT2D eigenvalue weighted by molar-refractivity contribution is 7.71. The number of hydrogen-bond acceptors (Lipinski definition) is 5. The van der Waals surface area contributed by atoms with Gasteiger partial charge < -0.3 is 9.47 Å². The summed E-state index contributed by atoms with van der Waals surface area (Å²) in [6, 6.07) is 15.8. The zero-order valence-electron chi connectivity index (χ0n) is 17.2. The number of ether oxygens (including phenoxy) is 2. The second kappa shape index (κ2) is 9.05. The van der Waals surface area contributed by atoms with Crippen LogP contribution in [0, 0.1) is 4.77 Å². The minimum absolute atomic E-state index is 0.105. The topological polar surface area (TPSA) is 64.4 Å². The standard InChI is InChI=1S/C22H26N4O2S/c1-5-27-19-9-7-6-8-16(19)14-23-26-20(24-25-21(26)29)15-28-18-12-10-17(11-13-18)22(2,3)4/h6-14H,5,15H2,1-4H3,(H,25,29)/b23-14-. The summed E-state index contributed by atoms with van der Waals surface area (Å²) in [5, 5.41) is 11.5. The lowest BCUT2D eigenvalue weighted by Gasteiger charge is -2.19. The Morgan fingerprint density at radius 3 is 2.52 bits per heavy atom. The van der Waals surface area contributed by atoms with Crippen molar-refractivity contribution in [2.75, 3.05) is 6.61 Å². The molecule has 3 rings (SSSR count). The summed E-state index contributed by atoms with van der Waals surface area (Å²) < 4.78 is 13.5. The van der Waals surface area contributed by atoms with E-state index in [9.17, 15) is 0 Å². The summed E-state index contributed by atoms with van der Waals surface area (Å²) in [4.78, 5) is 0. The van der Waals surface area contributed by atoms with Crippen molar-refractivity contribution in [2.45, 2.75) is 39.7 Å². The van der Waals surface area contributed by atoms with Crippen LogP contribution >= 0.6 is 12.2 Å². The third-order valence-electron chi connectivity index (χ3n) is 4.34. The third kappa shape index (κ3) is 5.32. The Morgan fingerprint density at radius 2 is 1.83 bits per heavy atom. The van der Waals surface area contributed by atoms with E-state index >= 15 is 0 Å². The van der Waals surface area contributed by atoms with Crippen molar-refractivity contribution < 1.29 is 9.47 Å². The van der Waals surface area contributed by atoms with Crippen molar-refractivity contribution in [2.24, 2.45) is 5.10 Å². The molecule has 1 heterocycles. The van der Waals surface area contributed by atoms with Crippen LogP contribution in [0.15, 0.2) is 53.6 Å². The molecule has 0 spiro atoms. The number of hydrogen-bond donors (Lipinski definition) is 1. The molecule has 0 bridgehead atoms. The molecule has 0 atom stereocenters. The van der Waals surface area contributed by atoms with Gasteiger partial charge in [0.05, 0.1) is 12.8 Å². The van der Waals surface area contributed by atoms with Crippen LogP contribution in [0.3, 0.4) is 0 Å². The second-order valence-corrected chi connectivity index (χ2v) is 7.92. The Kier molecular flexibility index (Phi) is 6.49. The van der Waals surface area contributed by atoms with Crippen molar-refractivity contribution in [1.29, 1.82) is 0 Å². The zero-order chi connectivity index (χ0) is 20.9. The lowest BCUT2D eigenvalue weighted by atomic mass is 9.87. The second-order valence-electron chi connectivity index (χ2n) is 7.54. The lowest BCUT2D eigenvalue weighted by Crippen LogP contribution is -2.10. The molecule has 6 nitrogen and oxygen atoms in total. The van der Waals surface area contributed by atoms with Crippen LogP contribution in [0.4, 0.5) is 0 Å². The van der Waals surface area contributed by atoms with Gasteiger partial charge in [-0.3, -0.25) is 0 Å². The average molecular weight is 411 g/mol. The largest absolute Gasteiger partial charge is 0.493 e. The van der Waals surface area contributed by atoms with Crippen LogP contribution in [0.2, 0.25) is 0 Å². The molecule has 152 valence electrons. The molecule has 2 aromatic carbocycles. The molecule has 0 saturated heterocycles. The van der Waals surface area contributed by atoms with Gasteiger partial charge in [0.1, 0.15) is 18.1 Å². The minimum Gasteiger partial charge on any atom is -0.493 e. The van der Waals surface area contributed by atoms with Crippen LogP contribution in [0.5, 0.6) is 11.5 Å². The van der Waals surface area contributed by atoms with E-state index in [4.69, 9.17) is 21.7 Å². The Bertz CT molecular complexity index is 1030. The fraction of sp³-hybridized carbons (Fsp3) is 0.318.